The fraction of sp³-hybridized carbons (Fsp3) is 0.429. The Morgan fingerprint density at radius 2 is 2.20 bits per heavy atom. The first-order valence-corrected chi connectivity index (χ1v) is 6.92. The zero-order valence-corrected chi connectivity index (χ0v) is 11.9. The molecule has 0 spiro atoms. The minimum atomic E-state index is -1.08. The fourth-order valence-electron chi connectivity index (χ4n) is 2.38. The Morgan fingerprint density at radius 1 is 1.45 bits per heavy atom. The predicted molar refractivity (Wildman–Crippen MR) is 77.2 cm³/mol. The van der Waals surface area contributed by atoms with Crippen molar-refractivity contribution in [3.63, 3.8) is 0 Å². The zero-order chi connectivity index (χ0) is 14.7. The number of carbonyl (C=O) groups is 2. The maximum Gasteiger partial charge on any atom is 0.337 e. The summed E-state index contributed by atoms with van der Waals surface area (Å²) in [6.45, 7) is 2.88. The number of carboxylic acids is 1. The molecule has 1 saturated heterocycles. The SMILES string of the molecule is CC1CC(C(=O)Nc2ccc(C(=O)O)c(Cl)c2)CCN1. The highest BCUT2D eigenvalue weighted by Gasteiger charge is 2.24. The summed E-state index contributed by atoms with van der Waals surface area (Å²) < 4.78 is 0. The highest BCUT2D eigenvalue weighted by atomic mass is 35.5. The van der Waals surface area contributed by atoms with Gasteiger partial charge in [0.05, 0.1) is 10.6 Å². The number of anilines is 1. The lowest BCUT2D eigenvalue weighted by Gasteiger charge is -2.27. The van der Waals surface area contributed by atoms with E-state index >= 15 is 0 Å². The Morgan fingerprint density at radius 3 is 2.80 bits per heavy atom. The van der Waals surface area contributed by atoms with E-state index in [9.17, 15) is 9.59 Å². The van der Waals surface area contributed by atoms with E-state index in [4.69, 9.17) is 16.7 Å². The molecule has 1 aliphatic rings. The second-order valence-corrected chi connectivity index (χ2v) is 5.47. The van der Waals surface area contributed by atoms with Gasteiger partial charge in [-0.05, 0) is 44.5 Å². The molecular formula is C14H17ClN2O3. The van der Waals surface area contributed by atoms with Crippen LogP contribution in [-0.2, 0) is 4.79 Å². The summed E-state index contributed by atoms with van der Waals surface area (Å²) in [7, 11) is 0. The molecule has 0 aromatic heterocycles. The van der Waals surface area contributed by atoms with Crippen molar-refractivity contribution in [3.8, 4) is 0 Å². The van der Waals surface area contributed by atoms with Crippen LogP contribution in [0, 0.1) is 5.92 Å². The van der Waals surface area contributed by atoms with E-state index in [1.165, 1.54) is 12.1 Å². The summed E-state index contributed by atoms with van der Waals surface area (Å²) in [6.07, 6.45) is 1.60. The lowest BCUT2D eigenvalue weighted by atomic mass is 9.92. The summed E-state index contributed by atoms with van der Waals surface area (Å²) in [4.78, 5) is 23.0. The second-order valence-electron chi connectivity index (χ2n) is 5.07. The first-order chi connectivity index (χ1) is 9.47. The molecule has 1 heterocycles. The molecule has 3 N–H and O–H groups in total. The number of piperidine rings is 1. The van der Waals surface area contributed by atoms with Gasteiger partial charge in [0.2, 0.25) is 5.91 Å². The van der Waals surface area contributed by atoms with E-state index in [0.29, 0.717) is 11.7 Å². The molecule has 1 fully saturated rings. The van der Waals surface area contributed by atoms with Gasteiger partial charge >= 0.3 is 5.97 Å². The third-order valence-electron chi connectivity index (χ3n) is 3.46. The molecule has 108 valence electrons. The van der Waals surface area contributed by atoms with Crippen LogP contribution in [0.3, 0.4) is 0 Å². The molecule has 2 atom stereocenters. The van der Waals surface area contributed by atoms with Gasteiger partial charge in [-0.2, -0.15) is 0 Å². The van der Waals surface area contributed by atoms with Crippen LogP contribution in [-0.4, -0.2) is 29.6 Å². The minimum Gasteiger partial charge on any atom is -0.478 e. The van der Waals surface area contributed by atoms with Crippen molar-refractivity contribution in [3.05, 3.63) is 28.8 Å². The van der Waals surface area contributed by atoms with Gasteiger partial charge < -0.3 is 15.7 Å². The molecule has 0 radical (unpaired) electrons. The molecule has 6 heteroatoms. The summed E-state index contributed by atoms with van der Waals surface area (Å²) in [5.41, 5.74) is 0.552. The Kier molecular flexibility index (Phi) is 4.62. The van der Waals surface area contributed by atoms with E-state index in [0.717, 1.165) is 19.4 Å². The number of carboxylic acid groups (broad SMARTS) is 1. The minimum absolute atomic E-state index is 0.0239. The van der Waals surface area contributed by atoms with Crippen molar-refractivity contribution < 1.29 is 14.7 Å². The third-order valence-corrected chi connectivity index (χ3v) is 3.77. The topological polar surface area (TPSA) is 78.4 Å². The monoisotopic (exact) mass is 296 g/mol. The maximum atomic E-state index is 12.1. The van der Waals surface area contributed by atoms with Gasteiger partial charge in [0.25, 0.3) is 0 Å². The van der Waals surface area contributed by atoms with Crippen LogP contribution in [0.25, 0.3) is 0 Å². The number of rotatable bonds is 3. The van der Waals surface area contributed by atoms with Crippen molar-refractivity contribution in [2.24, 2.45) is 5.92 Å². The number of halogens is 1. The van der Waals surface area contributed by atoms with E-state index in [1.807, 2.05) is 0 Å². The number of hydrogen-bond acceptors (Lipinski definition) is 3. The summed E-state index contributed by atoms with van der Waals surface area (Å²) in [5, 5.41) is 15.1. The predicted octanol–water partition coefficient (Wildman–Crippen LogP) is 2.36. The Bertz CT molecular complexity index is 533. The molecule has 0 saturated carbocycles. The quantitative estimate of drug-likeness (QED) is 0.800. The average Bonchev–Trinajstić information content (AvgIpc) is 2.38. The highest BCUT2D eigenvalue weighted by molar-refractivity contribution is 6.33. The Balaban J connectivity index is 2.04. The number of nitrogens with one attached hydrogen (secondary N) is 2. The van der Waals surface area contributed by atoms with E-state index in [-0.39, 0.29) is 22.4 Å². The van der Waals surface area contributed by atoms with Gasteiger partial charge in [-0.25, -0.2) is 4.79 Å². The lowest BCUT2D eigenvalue weighted by molar-refractivity contribution is -0.120. The molecule has 1 aromatic carbocycles. The number of aromatic carboxylic acids is 1. The van der Waals surface area contributed by atoms with Gasteiger partial charge in [-0.3, -0.25) is 4.79 Å². The van der Waals surface area contributed by atoms with Gasteiger partial charge in [0.15, 0.2) is 0 Å². The van der Waals surface area contributed by atoms with E-state index in [2.05, 4.69) is 17.6 Å². The summed E-state index contributed by atoms with van der Waals surface area (Å²) in [6, 6.07) is 4.74. The van der Waals surface area contributed by atoms with Crippen LogP contribution in [0.4, 0.5) is 5.69 Å². The van der Waals surface area contributed by atoms with Crippen molar-refractivity contribution in [1.82, 2.24) is 5.32 Å². The first-order valence-electron chi connectivity index (χ1n) is 6.54. The normalized spacial score (nSPS) is 22.3. The molecule has 2 unspecified atom stereocenters. The van der Waals surface area contributed by atoms with Gasteiger partial charge in [0.1, 0.15) is 0 Å². The van der Waals surface area contributed by atoms with Gasteiger partial charge in [-0.15, -0.1) is 0 Å². The zero-order valence-electron chi connectivity index (χ0n) is 11.1. The molecule has 20 heavy (non-hydrogen) atoms. The number of benzene rings is 1. The fourth-order valence-corrected chi connectivity index (χ4v) is 2.64. The van der Waals surface area contributed by atoms with Crippen LogP contribution in [0.2, 0.25) is 5.02 Å². The van der Waals surface area contributed by atoms with Crippen molar-refractivity contribution in [2.45, 2.75) is 25.8 Å². The molecule has 5 nitrogen and oxygen atoms in total. The lowest BCUT2D eigenvalue weighted by Crippen LogP contribution is -2.40. The average molecular weight is 297 g/mol. The van der Waals surface area contributed by atoms with Gasteiger partial charge in [0, 0.05) is 17.6 Å². The molecule has 1 aromatic rings. The van der Waals surface area contributed by atoms with Crippen molar-refractivity contribution in [2.75, 3.05) is 11.9 Å². The van der Waals surface area contributed by atoms with Crippen LogP contribution in [0.1, 0.15) is 30.1 Å². The molecular weight excluding hydrogens is 280 g/mol. The van der Waals surface area contributed by atoms with Crippen molar-refractivity contribution >= 4 is 29.2 Å². The molecule has 1 amide bonds. The second kappa shape index (κ2) is 6.24. The van der Waals surface area contributed by atoms with Crippen molar-refractivity contribution in [1.29, 1.82) is 0 Å². The first kappa shape index (κ1) is 14.8. The third kappa shape index (κ3) is 3.49. The van der Waals surface area contributed by atoms with Crippen LogP contribution in [0.15, 0.2) is 18.2 Å². The Labute approximate surface area is 122 Å². The van der Waals surface area contributed by atoms with Crippen LogP contribution in [0.5, 0.6) is 0 Å². The summed E-state index contributed by atoms with van der Waals surface area (Å²) in [5.74, 6) is -1.15. The molecule has 1 aliphatic heterocycles. The van der Waals surface area contributed by atoms with Crippen LogP contribution < -0.4 is 10.6 Å². The molecule has 0 bridgehead atoms. The standard InChI is InChI=1S/C14H17ClN2O3/c1-8-6-9(4-5-16-8)13(18)17-10-2-3-11(14(19)20)12(15)7-10/h2-3,7-9,16H,4-6H2,1H3,(H,17,18)(H,19,20). The molecule has 0 aliphatic carbocycles. The maximum absolute atomic E-state index is 12.1. The molecule has 2 rings (SSSR count). The smallest absolute Gasteiger partial charge is 0.337 e. The Hall–Kier alpha value is -1.59. The van der Waals surface area contributed by atoms with Crippen LogP contribution >= 0.6 is 11.6 Å². The number of amides is 1. The largest absolute Gasteiger partial charge is 0.478 e. The van der Waals surface area contributed by atoms with Gasteiger partial charge in [-0.1, -0.05) is 11.6 Å². The number of carbonyl (C=O) groups excluding carboxylic acids is 1. The number of hydrogen-bond donors (Lipinski definition) is 3. The summed E-state index contributed by atoms with van der Waals surface area (Å²) >= 11 is 5.87. The van der Waals surface area contributed by atoms with E-state index in [1.54, 1.807) is 6.07 Å². The highest BCUT2D eigenvalue weighted by Crippen LogP contribution is 2.23. The van der Waals surface area contributed by atoms with E-state index < -0.39 is 5.97 Å².